The van der Waals surface area contributed by atoms with Crippen molar-refractivity contribution in [2.75, 3.05) is 10.6 Å². The maximum atomic E-state index is 12.4. The average molecular weight is 1240 g/mol. The van der Waals surface area contributed by atoms with Crippen LogP contribution < -0.4 is 15.4 Å². The number of rotatable bonds is 8. The molecule has 18 nitrogen and oxygen atoms in total. The number of halogens is 4. The summed E-state index contributed by atoms with van der Waals surface area (Å²) in [5, 5.41) is 30.6. The molecule has 10 aromatic rings. The second kappa shape index (κ2) is 29.0. The van der Waals surface area contributed by atoms with Crippen molar-refractivity contribution in [1.29, 1.82) is 0 Å². The number of fused-ring (bicyclic) bond motifs is 4. The van der Waals surface area contributed by atoms with Gasteiger partial charge in [0.25, 0.3) is 0 Å². The summed E-state index contributed by atoms with van der Waals surface area (Å²) < 4.78 is 19.2. The maximum Gasteiger partial charge on any atom is 0.435 e. The molecule has 0 radical (unpaired) electrons. The predicted molar refractivity (Wildman–Crippen MR) is 324 cm³/mol. The minimum Gasteiger partial charge on any atom is -0.477 e. The fourth-order valence-corrected chi connectivity index (χ4v) is 7.91. The van der Waals surface area contributed by atoms with Gasteiger partial charge in [-0.05, 0) is 146 Å². The molecule has 414 valence electrons. The summed E-state index contributed by atoms with van der Waals surface area (Å²) in [6.45, 7) is 6.19. The summed E-state index contributed by atoms with van der Waals surface area (Å²) >= 11 is 18.4. The lowest BCUT2D eigenvalue weighted by molar-refractivity contribution is 0.0521. The number of furan rings is 1. The van der Waals surface area contributed by atoms with Gasteiger partial charge in [0.15, 0.2) is 0 Å². The third-order valence-electron chi connectivity index (χ3n) is 10.1. The zero-order valence-electron chi connectivity index (χ0n) is 39.0. The van der Waals surface area contributed by atoms with E-state index in [9.17, 15) is 14.4 Å². The van der Waals surface area contributed by atoms with E-state index in [4.69, 9.17) is 47.3 Å². The number of hydrogen-bond donors (Lipinski definition) is 5. The SMILES string of the molecule is C.C.C.C.C.CC(C)(C)OC(=O)n1ncc2cc(Nc3cc(Oc4ccccc4)nc(Cl)n3)ccc21.Clc1nccc(Nc2ccc3c(c2)C=NC3)n1.O=C(O)c1cc2ccc(Br)cc2[nH]1.O=C(O)c1cc2ccc(Br)cc2o1. The number of hydrogen-bond acceptors (Lipinski definition) is 14. The van der Waals surface area contributed by atoms with Crippen LogP contribution in [0.5, 0.6) is 11.6 Å². The first-order chi connectivity index (χ1) is 35.4. The van der Waals surface area contributed by atoms with Gasteiger partial charge >= 0.3 is 18.0 Å². The Labute approximate surface area is 484 Å². The zero-order valence-corrected chi connectivity index (χ0v) is 43.7. The quantitative estimate of drug-likeness (QED) is 0.0888. The number of carbonyl (C=O) groups excluding carboxylic acids is 1. The van der Waals surface area contributed by atoms with Crippen LogP contribution >= 0.6 is 55.1 Å². The molecule has 1 aliphatic heterocycles. The van der Waals surface area contributed by atoms with Crippen LogP contribution in [0.3, 0.4) is 0 Å². The minimum atomic E-state index is -1.05. The molecule has 0 amide bonds. The van der Waals surface area contributed by atoms with E-state index in [-0.39, 0.29) is 59.2 Å². The van der Waals surface area contributed by atoms with Gasteiger partial charge in [-0.1, -0.05) is 99.3 Å². The van der Waals surface area contributed by atoms with Crippen molar-refractivity contribution in [2.24, 2.45) is 4.99 Å². The van der Waals surface area contributed by atoms with Gasteiger partial charge in [0, 0.05) is 60.5 Å². The van der Waals surface area contributed by atoms with Crippen molar-refractivity contribution >= 4 is 135 Å². The van der Waals surface area contributed by atoms with Crippen molar-refractivity contribution in [3.05, 3.63) is 182 Å². The van der Waals surface area contributed by atoms with Crippen LogP contribution in [0.4, 0.5) is 27.8 Å². The summed E-state index contributed by atoms with van der Waals surface area (Å²) in [7, 11) is 0. The lowest BCUT2D eigenvalue weighted by Gasteiger charge is -2.19. The molecule has 0 bridgehead atoms. The minimum absolute atomic E-state index is 0. The van der Waals surface area contributed by atoms with E-state index in [2.05, 4.69) is 83.6 Å². The Kier molecular flexibility index (Phi) is 23.9. The van der Waals surface area contributed by atoms with Crippen LogP contribution in [-0.2, 0) is 11.3 Å². The van der Waals surface area contributed by atoms with Crippen molar-refractivity contribution in [3.63, 3.8) is 0 Å². The Morgan fingerprint density at radius 3 is 2.08 bits per heavy atom. The molecular weight excluding hydrogens is 1180 g/mol. The Morgan fingerprint density at radius 1 is 0.709 bits per heavy atom. The topological polar surface area (TPSA) is 245 Å². The van der Waals surface area contributed by atoms with Gasteiger partial charge in [-0.2, -0.15) is 14.8 Å². The summed E-state index contributed by atoms with van der Waals surface area (Å²) in [5.74, 6) is 0.0733. The van der Waals surface area contributed by atoms with Crippen molar-refractivity contribution in [3.8, 4) is 11.6 Å². The number of aromatic nitrogens is 7. The van der Waals surface area contributed by atoms with Crippen molar-refractivity contribution < 1.29 is 38.5 Å². The molecule has 0 saturated heterocycles. The normalized spacial score (nSPS) is 10.6. The summed E-state index contributed by atoms with van der Waals surface area (Å²) in [4.78, 5) is 56.7. The van der Waals surface area contributed by atoms with Crippen molar-refractivity contribution in [2.45, 2.75) is 70.1 Å². The molecule has 1 aliphatic rings. The Hall–Kier alpha value is -8.17. The number of nitrogens with zero attached hydrogens (tertiary/aromatic N) is 7. The molecule has 0 unspecified atom stereocenters. The molecular formula is C57H60Br2Cl2N10O8. The second-order valence-corrected chi connectivity index (χ2v) is 19.3. The number of carboxylic acid groups (broad SMARTS) is 2. The van der Waals surface area contributed by atoms with Crippen LogP contribution in [-0.4, -0.2) is 74.8 Å². The van der Waals surface area contributed by atoms with Gasteiger partial charge in [-0.15, -0.1) is 0 Å². The summed E-state index contributed by atoms with van der Waals surface area (Å²) in [5.41, 5.74) is 5.73. The van der Waals surface area contributed by atoms with Crippen LogP contribution in [0.15, 0.2) is 158 Å². The van der Waals surface area contributed by atoms with E-state index in [1.165, 1.54) is 16.3 Å². The fraction of sp³-hybridized carbons (Fsp3) is 0.175. The standard InChI is InChI=1S/C22H20ClN5O3.C12H9ClN4.C9H6BrNO2.C9H5BrO3.5CH4/c1-22(2,3)31-21(29)28-17-10-9-15(11-14(17)13-24-28)25-18-12-19(27-20(23)26-18)30-16-7-5-4-6-8-16;13-12-15-4-3-11(17-12)16-10-2-1-8-6-14-7-9(8)5-10;10-6-2-1-5-3-8(9(12)13)11-7(5)4-6;10-6-2-1-5-3-8(9(11)12)13-7(5)4-6;;;;;/h4-13H,1-3H3,(H,25,26,27);1-5,7H,6H2,(H,15,16,17);1-4,11H,(H,12,13);1-4H,(H,11,12);5*1H4. The van der Waals surface area contributed by atoms with Crippen LogP contribution in [0.1, 0.15) is 90.1 Å². The Bertz CT molecular complexity index is 3630. The first-order valence-corrected chi connectivity index (χ1v) is 24.3. The third-order valence-corrected chi connectivity index (χ3v) is 11.4. The molecule has 0 atom stereocenters. The van der Waals surface area contributed by atoms with E-state index in [1.54, 1.807) is 75.6 Å². The molecule has 5 aromatic heterocycles. The first kappa shape index (κ1) is 65.1. The van der Waals surface area contributed by atoms with Gasteiger partial charge in [-0.25, -0.2) is 29.3 Å². The summed E-state index contributed by atoms with van der Waals surface area (Å²) in [6.07, 6.45) is 4.56. The van der Waals surface area contributed by atoms with E-state index >= 15 is 0 Å². The number of ether oxygens (including phenoxy) is 2. The number of para-hydroxylation sites is 1. The average Bonchev–Trinajstić information content (AvgIpc) is 4.18. The summed E-state index contributed by atoms with van der Waals surface area (Å²) in [6, 6.07) is 38.3. The highest BCUT2D eigenvalue weighted by atomic mass is 79.9. The molecule has 5 N–H and O–H groups in total. The molecule has 0 fully saturated rings. The lowest BCUT2D eigenvalue weighted by Crippen LogP contribution is -2.27. The molecule has 5 aromatic carbocycles. The second-order valence-electron chi connectivity index (χ2n) is 16.7. The number of nitrogens with one attached hydrogen (secondary N) is 3. The maximum absolute atomic E-state index is 12.4. The number of aromatic amines is 1. The highest BCUT2D eigenvalue weighted by Gasteiger charge is 2.20. The molecule has 79 heavy (non-hydrogen) atoms. The van der Waals surface area contributed by atoms with Gasteiger partial charge in [0.1, 0.15) is 34.3 Å². The van der Waals surface area contributed by atoms with Gasteiger partial charge in [-0.3, -0.25) is 4.99 Å². The van der Waals surface area contributed by atoms with Crippen molar-refractivity contribution in [1.82, 2.24) is 34.7 Å². The highest BCUT2D eigenvalue weighted by molar-refractivity contribution is 9.10. The largest absolute Gasteiger partial charge is 0.477 e. The number of anilines is 4. The monoisotopic (exact) mass is 1240 g/mol. The van der Waals surface area contributed by atoms with Crippen LogP contribution in [0, 0.1) is 0 Å². The van der Waals surface area contributed by atoms with E-state index in [0.29, 0.717) is 34.4 Å². The fourth-order valence-electron chi connectivity index (χ4n) is 6.89. The van der Waals surface area contributed by atoms with Crippen LogP contribution in [0.25, 0.3) is 32.8 Å². The van der Waals surface area contributed by atoms with E-state index < -0.39 is 23.6 Å². The highest BCUT2D eigenvalue weighted by Crippen LogP contribution is 2.28. The third kappa shape index (κ3) is 17.9. The number of carbonyl (C=O) groups is 3. The number of carboxylic acids is 2. The van der Waals surface area contributed by atoms with E-state index in [1.807, 2.05) is 79.0 Å². The number of aromatic carboxylic acids is 2. The lowest BCUT2D eigenvalue weighted by atomic mass is 10.1. The molecule has 0 saturated carbocycles. The van der Waals surface area contributed by atoms with Gasteiger partial charge in [0.2, 0.25) is 22.2 Å². The van der Waals surface area contributed by atoms with Gasteiger partial charge in [0.05, 0.1) is 18.3 Å². The zero-order chi connectivity index (χ0) is 52.5. The van der Waals surface area contributed by atoms with Gasteiger partial charge < -0.3 is 39.7 Å². The van der Waals surface area contributed by atoms with E-state index in [0.717, 1.165) is 54.1 Å². The Balaban J connectivity index is 0.000000291. The number of H-pyrrole nitrogens is 1. The molecule has 0 spiro atoms. The smallest absolute Gasteiger partial charge is 0.435 e. The number of aliphatic imine (C=N–C) groups is 1. The Morgan fingerprint density at radius 2 is 1.38 bits per heavy atom. The number of benzene rings is 5. The predicted octanol–water partition coefficient (Wildman–Crippen LogP) is 17.3. The molecule has 0 aliphatic carbocycles. The van der Waals surface area contributed by atoms with Crippen LogP contribution in [0.2, 0.25) is 10.6 Å². The molecule has 22 heteroatoms. The molecule has 11 rings (SSSR count). The first-order valence-electron chi connectivity index (χ1n) is 22.0. The molecule has 6 heterocycles.